The second-order valence-corrected chi connectivity index (χ2v) is 7.84. The van der Waals surface area contributed by atoms with Gasteiger partial charge >= 0.3 is 0 Å². The molecule has 4 nitrogen and oxygen atoms in total. The van der Waals surface area contributed by atoms with E-state index in [0.717, 1.165) is 36.1 Å². The van der Waals surface area contributed by atoms with Gasteiger partial charge in [0.1, 0.15) is 16.5 Å². The molecule has 3 heterocycles. The van der Waals surface area contributed by atoms with Gasteiger partial charge in [0.05, 0.1) is 17.6 Å². The van der Waals surface area contributed by atoms with E-state index in [2.05, 4.69) is 9.97 Å². The number of thiophene rings is 1. The lowest BCUT2D eigenvalue weighted by atomic mass is 10.0. The van der Waals surface area contributed by atoms with E-state index in [1.54, 1.807) is 6.07 Å². The third-order valence-electron chi connectivity index (χ3n) is 5.18. The summed E-state index contributed by atoms with van der Waals surface area (Å²) in [7, 11) is 0. The molecule has 0 atom stereocenters. The predicted molar refractivity (Wildman–Crippen MR) is 111 cm³/mol. The Bertz CT molecular complexity index is 1220. The molecule has 0 unspecified atom stereocenters. The highest BCUT2D eigenvalue weighted by atomic mass is 32.1. The number of aromatic amines is 1. The monoisotopic (exact) mass is 391 g/mol. The number of aryl methyl sites for hydroxylation is 1. The quantitative estimate of drug-likeness (QED) is 0.549. The lowest BCUT2D eigenvalue weighted by molar-refractivity contribution is 0.591. The molecule has 1 aliphatic heterocycles. The van der Waals surface area contributed by atoms with Crippen LogP contribution in [0.4, 0.5) is 10.1 Å². The van der Waals surface area contributed by atoms with Crippen molar-refractivity contribution < 1.29 is 4.39 Å². The highest BCUT2D eigenvalue weighted by molar-refractivity contribution is 7.17. The van der Waals surface area contributed by atoms with Crippen LogP contribution in [-0.4, -0.2) is 16.5 Å². The molecule has 0 radical (unpaired) electrons. The van der Waals surface area contributed by atoms with Gasteiger partial charge in [-0.15, -0.1) is 11.3 Å². The molecule has 0 saturated carbocycles. The molecule has 140 valence electrons. The molecule has 1 N–H and O–H groups in total. The minimum Gasteiger partial charge on any atom is -0.361 e. The minimum atomic E-state index is -0.219. The smallest absolute Gasteiger partial charge is 0.260 e. The number of hydrogen-bond donors (Lipinski definition) is 1. The Morgan fingerprint density at radius 1 is 1.14 bits per heavy atom. The van der Waals surface area contributed by atoms with Crippen LogP contribution in [0.2, 0.25) is 0 Å². The zero-order chi connectivity index (χ0) is 19.1. The fraction of sp³-hybridized carbons (Fsp3) is 0.182. The zero-order valence-electron chi connectivity index (χ0n) is 15.1. The summed E-state index contributed by atoms with van der Waals surface area (Å²) >= 11 is 1.46. The van der Waals surface area contributed by atoms with Crippen molar-refractivity contribution in [2.75, 3.05) is 11.4 Å². The van der Waals surface area contributed by atoms with Gasteiger partial charge in [-0.3, -0.25) is 4.79 Å². The molecule has 0 bridgehead atoms. The SMILES string of the molecule is O=c1[nH]c(CN2CCCc3cccc(F)c32)nc2scc(-c3ccccc3)c12. The summed E-state index contributed by atoms with van der Waals surface area (Å²) in [5.41, 5.74) is 3.40. The van der Waals surface area contributed by atoms with Crippen LogP contribution < -0.4 is 10.5 Å². The van der Waals surface area contributed by atoms with E-state index < -0.39 is 0 Å². The number of hydrogen-bond acceptors (Lipinski definition) is 4. The maximum absolute atomic E-state index is 14.4. The van der Waals surface area contributed by atoms with Crippen LogP contribution in [0.3, 0.4) is 0 Å². The summed E-state index contributed by atoms with van der Waals surface area (Å²) in [6.07, 6.45) is 1.83. The van der Waals surface area contributed by atoms with Crippen molar-refractivity contribution in [3.05, 3.63) is 81.5 Å². The highest BCUT2D eigenvalue weighted by Crippen LogP contribution is 2.32. The number of aromatic nitrogens is 2. The number of H-pyrrole nitrogens is 1. The van der Waals surface area contributed by atoms with E-state index in [9.17, 15) is 9.18 Å². The van der Waals surface area contributed by atoms with E-state index in [4.69, 9.17) is 0 Å². The number of halogens is 1. The summed E-state index contributed by atoms with van der Waals surface area (Å²) < 4.78 is 14.4. The maximum atomic E-state index is 14.4. The number of para-hydroxylation sites is 1. The van der Waals surface area contributed by atoms with E-state index in [1.807, 2.05) is 46.7 Å². The number of rotatable bonds is 3. The third kappa shape index (κ3) is 2.90. The molecular weight excluding hydrogens is 373 g/mol. The predicted octanol–water partition coefficient (Wildman–Crippen LogP) is 4.74. The summed E-state index contributed by atoms with van der Waals surface area (Å²) in [5, 5.41) is 2.59. The van der Waals surface area contributed by atoms with Crippen molar-refractivity contribution in [1.82, 2.24) is 9.97 Å². The molecule has 4 aromatic rings. The Hall–Kier alpha value is -2.99. The van der Waals surface area contributed by atoms with Crippen molar-refractivity contribution in [2.24, 2.45) is 0 Å². The molecule has 28 heavy (non-hydrogen) atoms. The number of nitrogens with zero attached hydrogens (tertiary/aromatic N) is 2. The standard InChI is InChI=1S/C22H18FN3OS/c23-17-10-4-8-15-9-5-11-26(20(15)17)12-18-24-21(27)19-16(13-28-22(19)25-18)14-6-2-1-3-7-14/h1-4,6-8,10,13H,5,9,11-12H2,(H,24,25,27). The Balaban J connectivity index is 1.54. The van der Waals surface area contributed by atoms with Crippen LogP contribution in [0.5, 0.6) is 0 Å². The zero-order valence-corrected chi connectivity index (χ0v) is 15.9. The molecular formula is C22H18FN3OS. The molecule has 2 aromatic carbocycles. The first kappa shape index (κ1) is 17.1. The fourth-order valence-corrected chi connectivity index (χ4v) is 4.89. The normalized spacial score (nSPS) is 13.7. The highest BCUT2D eigenvalue weighted by Gasteiger charge is 2.22. The Labute approximate surface area is 165 Å². The number of fused-ring (bicyclic) bond motifs is 2. The van der Waals surface area contributed by atoms with Crippen molar-refractivity contribution in [3.63, 3.8) is 0 Å². The molecule has 2 aromatic heterocycles. The van der Waals surface area contributed by atoms with E-state index >= 15 is 0 Å². The summed E-state index contributed by atoms with van der Waals surface area (Å²) in [6, 6.07) is 15.0. The summed E-state index contributed by atoms with van der Waals surface area (Å²) in [4.78, 5) is 23.1. The van der Waals surface area contributed by atoms with Gasteiger partial charge < -0.3 is 9.88 Å². The van der Waals surface area contributed by atoms with E-state index in [0.29, 0.717) is 28.3 Å². The first-order valence-electron chi connectivity index (χ1n) is 9.29. The average Bonchev–Trinajstić information content (AvgIpc) is 3.13. The maximum Gasteiger partial charge on any atom is 0.260 e. The van der Waals surface area contributed by atoms with Crippen LogP contribution in [0.15, 0.2) is 58.7 Å². The summed E-state index contributed by atoms with van der Waals surface area (Å²) in [5.74, 6) is 0.346. The fourth-order valence-electron chi connectivity index (χ4n) is 3.93. The lowest BCUT2D eigenvalue weighted by Gasteiger charge is -2.31. The third-order valence-corrected chi connectivity index (χ3v) is 6.05. The van der Waals surface area contributed by atoms with Crippen molar-refractivity contribution in [3.8, 4) is 11.1 Å². The van der Waals surface area contributed by atoms with Crippen LogP contribution in [-0.2, 0) is 13.0 Å². The molecule has 0 saturated heterocycles. The van der Waals surface area contributed by atoms with E-state index in [1.165, 1.54) is 17.4 Å². The number of anilines is 1. The second-order valence-electron chi connectivity index (χ2n) is 6.98. The molecule has 5 rings (SSSR count). The topological polar surface area (TPSA) is 49.0 Å². The van der Waals surface area contributed by atoms with Gasteiger partial charge in [0.25, 0.3) is 5.56 Å². The van der Waals surface area contributed by atoms with E-state index in [-0.39, 0.29) is 11.4 Å². The van der Waals surface area contributed by atoms with Crippen LogP contribution in [0.25, 0.3) is 21.3 Å². The van der Waals surface area contributed by atoms with Crippen LogP contribution in [0, 0.1) is 5.82 Å². The minimum absolute atomic E-state index is 0.147. The molecule has 0 fully saturated rings. The number of benzene rings is 2. The van der Waals surface area contributed by atoms with Crippen molar-refractivity contribution >= 4 is 27.2 Å². The number of nitrogens with one attached hydrogen (secondary N) is 1. The lowest BCUT2D eigenvalue weighted by Crippen LogP contribution is -2.31. The van der Waals surface area contributed by atoms with Gasteiger partial charge in [0, 0.05) is 17.5 Å². The van der Waals surface area contributed by atoms with Gasteiger partial charge in [-0.05, 0) is 30.0 Å². The Morgan fingerprint density at radius 3 is 2.86 bits per heavy atom. The van der Waals surface area contributed by atoms with Crippen LogP contribution in [0.1, 0.15) is 17.8 Å². The molecule has 1 aliphatic rings. The molecule has 0 spiro atoms. The largest absolute Gasteiger partial charge is 0.361 e. The first-order chi connectivity index (χ1) is 13.7. The molecule has 6 heteroatoms. The van der Waals surface area contributed by atoms with Crippen molar-refractivity contribution in [1.29, 1.82) is 0 Å². The van der Waals surface area contributed by atoms with Gasteiger partial charge in [0.15, 0.2) is 0 Å². The van der Waals surface area contributed by atoms with Gasteiger partial charge in [0.2, 0.25) is 0 Å². The second kappa shape index (κ2) is 6.87. The van der Waals surface area contributed by atoms with Gasteiger partial charge in [-0.25, -0.2) is 9.37 Å². The van der Waals surface area contributed by atoms with Crippen LogP contribution >= 0.6 is 11.3 Å². The molecule has 0 amide bonds. The van der Waals surface area contributed by atoms with Crippen molar-refractivity contribution in [2.45, 2.75) is 19.4 Å². The Kier molecular flexibility index (Phi) is 4.20. The first-order valence-corrected chi connectivity index (χ1v) is 10.2. The Morgan fingerprint density at radius 2 is 2.00 bits per heavy atom. The molecule has 0 aliphatic carbocycles. The van der Waals surface area contributed by atoms with Gasteiger partial charge in [-0.2, -0.15) is 0 Å². The summed E-state index contributed by atoms with van der Waals surface area (Å²) in [6.45, 7) is 1.13. The van der Waals surface area contributed by atoms with Gasteiger partial charge in [-0.1, -0.05) is 42.5 Å². The average molecular weight is 391 g/mol.